The second-order valence-electron chi connectivity index (χ2n) is 6.98. The van der Waals surface area contributed by atoms with Crippen molar-refractivity contribution in [3.8, 4) is 0 Å². The van der Waals surface area contributed by atoms with Crippen molar-refractivity contribution >= 4 is 0 Å². The van der Waals surface area contributed by atoms with Crippen LogP contribution in [0.25, 0.3) is 0 Å². The van der Waals surface area contributed by atoms with Crippen molar-refractivity contribution < 1.29 is 0 Å². The van der Waals surface area contributed by atoms with E-state index in [0.29, 0.717) is 5.92 Å². The molecule has 1 nitrogen and oxygen atoms in total. The molecule has 0 heterocycles. The van der Waals surface area contributed by atoms with Gasteiger partial charge in [-0.2, -0.15) is 0 Å². The standard InChI is InChI=1S/C17H34.C5H13N.2C2H6/c1-3-5-7-9-11-13-15-17-16-14-12-10-8-6-4-2;1-3-5(2)4-6;2*1-2/h15,17H,3-14,16H2,1-2H3;5H,3-4,6H2,1-2H3;2*1-2H3/b17-15-;;;/t;5-;;/m.0../s1. The maximum Gasteiger partial charge on any atom is -0.00516 e. The molecular weight excluding hydrogens is 326 g/mol. The minimum Gasteiger partial charge on any atom is -0.330 e. The van der Waals surface area contributed by atoms with Gasteiger partial charge in [-0.1, -0.05) is 132 Å². The Hall–Kier alpha value is -0.300. The molecule has 0 fully saturated rings. The molecule has 2 N–H and O–H groups in total. The van der Waals surface area contributed by atoms with Crippen molar-refractivity contribution in [2.24, 2.45) is 11.7 Å². The first-order chi connectivity index (χ1) is 13.2. The molecule has 0 rings (SSSR count). The van der Waals surface area contributed by atoms with Crippen LogP contribution in [0, 0.1) is 5.92 Å². The van der Waals surface area contributed by atoms with Gasteiger partial charge in [0, 0.05) is 0 Å². The van der Waals surface area contributed by atoms with E-state index >= 15 is 0 Å². The molecule has 1 atom stereocenters. The van der Waals surface area contributed by atoms with Gasteiger partial charge in [-0.05, 0) is 38.1 Å². The molecule has 0 aromatic rings. The highest BCUT2D eigenvalue weighted by Crippen LogP contribution is 2.08. The summed E-state index contributed by atoms with van der Waals surface area (Å²) >= 11 is 0. The average molecular weight is 386 g/mol. The predicted molar refractivity (Wildman–Crippen MR) is 132 cm³/mol. The van der Waals surface area contributed by atoms with E-state index in [-0.39, 0.29) is 0 Å². The highest BCUT2D eigenvalue weighted by Gasteiger charge is 1.89. The normalized spacial score (nSPS) is 10.9. The zero-order valence-electron chi connectivity index (χ0n) is 20.9. The maximum absolute atomic E-state index is 5.28. The van der Waals surface area contributed by atoms with Gasteiger partial charge in [-0.3, -0.25) is 0 Å². The quantitative estimate of drug-likeness (QED) is 0.220. The first kappa shape index (κ1) is 34.2. The SMILES string of the molecule is CC.CC.CCCCCCC/C=C\CCCCCCCC.CC[C@H](C)CN. The maximum atomic E-state index is 5.28. The van der Waals surface area contributed by atoms with Crippen molar-refractivity contribution in [2.75, 3.05) is 6.54 Å². The lowest BCUT2D eigenvalue weighted by atomic mass is 10.1. The third-order valence-corrected chi connectivity index (χ3v) is 4.46. The smallest absolute Gasteiger partial charge is 0.00516 e. The largest absolute Gasteiger partial charge is 0.330 e. The molecule has 0 aromatic carbocycles. The molecular formula is C26H59N. The van der Waals surface area contributed by atoms with E-state index in [1.54, 1.807) is 0 Å². The number of allylic oxidation sites excluding steroid dienone is 2. The summed E-state index contributed by atoms with van der Waals surface area (Å²) in [6, 6.07) is 0. The van der Waals surface area contributed by atoms with Crippen LogP contribution in [0.2, 0.25) is 0 Å². The van der Waals surface area contributed by atoms with E-state index in [1.807, 2.05) is 27.7 Å². The average Bonchev–Trinajstić information content (AvgIpc) is 2.74. The summed E-state index contributed by atoms with van der Waals surface area (Å²) in [6.45, 7) is 17.7. The fourth-order valence-electron chi connectivity index (χ4n) is 2.31. The lowest BCUT2D eigenvalue weighted by Gasteiger charge is -1.98. The molecule has 168 valence electrons. The van der Waals surface area contributed by atoms with Crippen LogP contribution in [-0.2, 0) is 0 Å². The third-order valence-electron chi connectivity index (χ3n) is 4.46. The fourth-order valence-corrected chi connectivity index (χ4v) is 2.31. The lowest BCUT2D eigenvalue weighted by molar-refractivity contribution is 0.576. The van der Waals surface area contributed by atoms with Gasteiger partial charge in [0.2, 0.25) is 0 Å². The minimum absolute atomic E-state index is 0.713. The topological polar surface area (TPSA) is 26.0 Å². The van der Waals surface area contributed by atoms with E-state index in [1.165, 1.54) is 89.9 Å². The van der Waals surface area contributed by atoms with Gasteiger partial charge in [0.1, 0.15) is 0 Å². The zero-order chi connectivity index (χ0) is 21.6. The molecule has 27 heavy (non-hydrogen) atoms. The summed E-state index contributed by atoms with van der Waals surface area (Å²) in [4.78, 5) is 0. The predicted octanol–water partition coefficient (Wildman–Crippen LogP) is 9.70. The number of hydrogen-bond acceptors (Lipinski definition) is 1. The summed E-state index contributed by atoms with van der Waals surface area (Å²) < 4.78 is 0. The Morgan fingerprint density at radius 2 is 0.926 bits per heavy atom. The van der Waals surface area contributed by atoms with Gasteiger partial charge < -0.3 is 5.73 Å². The van der Waals surface area contributed by atoms with Crippen LogP contribution in [0.1, 0.15) is 145 Å². The third kappa shape index (κ3) is 46.1. The highest BCUT2D eigenvalue weighted by atomic mass is 14.5. The van der Waals surface area contributed by atoms with Crippen LogP contribution >= 0.6 is 0 Å². The van der Waals surface area contributed by atoms with Gasteiger partial charge >= 0.3 is 0 Å². The Balaban J connectivity index is -0.000000221. The van der Waals surface area contributed by atoms with Crippen molar-refractivity contribution in [2.45, 2.75) is 145 Å². The molecule has 0 bridgehead atoms. The Morgan fingerprint density at radius 3 is 1.19 bits per heavy atom. The number of rotatable bonds is 15. The number of unbranched alkanes of at least 4 members (excludes halogenated alkanes) is 11. The summed E-state index contributed by atoms with van der Waals surface area (Å²) in [5.74, 6) is 0.713. The Labute approximate surface area is 176 Å². The Morgan fingerprint density at radius 1 is 0.593 bits per heavy atom. The van der Waals surface area contributed by atoms with Crippen LogP contribution in [0.15, 0.2) is 12.2 Å². The van der Waals surface area contributed by atoms with Gasteiger partial charge in [0.15, 0.2) is 0 Å². The van der Waals surface area contributed by atoms with E-state index in [0.717, 1.165) is 6.54 Å². The fraction of sp³-hybridized carbons (Fsp3) is 0.923. The molecule has 0 saturated carbocycles. The van der Waals surface area contributed by atoms with E-state index < -0.39 is 0 Å². The summed E-state index contributed by atoms with van der Waals surface area (Å²) in [7, 11) is 0. The van der Waals surface area contributed by atoms with Crippen LogP contribution < -0.4 is 5.73 Å². The van der Waals surface area contributed by atoms with Crippen molar-refractivity contribution in [3.05, 3.63) is 12.2 Å². The molecule has 0 unspecified atom stereocenters. The van der Waals surface area contributed by atoms with E-state index in [9.17, 15) is 0 Å². The van der Waals surface area contributed by atoms with Gasteiger partial charge in [-0.15, -0.1) is 0 Å². The molecule has 0 amide bonds. The molecule has 0 aromatic heterocycles. The first-order valence-electron chi connectivity index (χ1n) is 12.6. The molecule has 1 heteroatoms. The van der Waals surface area contributed by atoms with Crippen LogP contribution in [0.3, 0.4) is 0 Å². The molecule has 0 spiro atoms. The number of hydrogen-bond donors (Lipinski definition) is 1. The van der Waals surface area contributed by atoms with Gasteiger partial charge in [0.05, 0.1) is 0 Å². The molecule has 0 radical (unpaired) electrons. The second kappa shape index (κ2) is 40.4. The van der Waals surface area contributed by atoms with Crippen molar-refractivity contribution in [3.63, 3.8) is 0 Å². The molecule has 0 aliphatic heterocycles. The van der Waals surface area contributed by atoms with Crippen LogP contribution in [0.5, 0.6) is 0 Å². The Kier molecular flexibility index (Phi) is 51.2. The van der Waals surface area contributed by atoms with E-state index in [4.69, 9.17) is 5.73 Å². The van der Waals surface area contributed by atoms with Crippen LogP contribution in [-0.4, -0.2) is 6.54 Å². The second-order valence-corrected chi connectivity index (χ2v) is 6.98. The monoisotopic (exact) mass is 385 g/mol. The van der Waals surface area contributed by atoms with Gasteiger partial charge in [-0.25, -0.2) is 0 Å². The highest BCUT2D eigenvalue weighted by molar-refractivity contribution is 4.81. The van der Waals surface area contributed by atoms with Crippen molar-refractivity contribution in [1.82, 2.24) is 0 Å². The molecule has 0 aliphatic carbocycles. The Bertz CT molecular complexity index is 206. The van der Waals surface area contributed by atoms with Crippen LogP contribution in [0.4, 0.5) is 0 Å². The zero-order valence-corrected chi connectivity index (χ0v) is 20.9. The summed E-state index contributed by atoms with van der Waals surface area (Å²) in [5.41, 5.74) is 5.28. The lowest BCUT2D eigenvalue weighted by Crippen LogP contribution is -2.08. The molecule has 0 saturated heterocycles. The van der Waals surface area contributed by atoms with Gasteiger partial charge in [0.25, 0.3) is 0 Å². The summed E-state index contributed by atoms with van der Waals surface area (Å²) in [5, 5.41) is 0. The molecule has 0 aliphatic rings. The van der Waals surface area contributed by atoms with E-state index in [2.05, 4.69) is 39.8 Å². The minimum atomic E-state index is 0.713. The number of nitrogens with two attached hydrogens (primary N) is 1. The summed E-state index contributed by atoms with van der Waals surface area (Å²) in [6.07, 6.45) is 24.1. The first-order valence-corrected chi connectivity index (χ1v) is 12.6. The van der Waals surface area contributed by atoms with Crippen molar-refractivity contribution in [1.29, 1.82) is 0 Å².